The summed E-state index contributed by atoms with van der Waals surface area (Å²) >= 11 is 0. The molecule has 3 aromatic heterocycles. The normalized spacial score (nSPS) is 11.6. The van der Waals surface area contributed by atoms with Gasteiger partial charge in [-0.1, -0.05) is 140 Å². The monoisotopic (exact) mass is 640 g/mol. The summed E-state index contributed by atoms with van der Waals surface area (Å²) in [6.07, 6.45) is 0. The summed E-state index contributed by atoms with van der Waals surface area (Å²) in [5.74, 6) is 1.84. The minimum Gasteiger partial charge on any atom is -0.456 e. The molecule has 10 rings (SSSR count). The average Bonchev–Trinajstić information content (AvgIpc) is 3.75. The van der Waals surface area contributed by atoms with Crippen LogP contribution in [0.15, 0.2) is 174 Å². The molecule has 0 saturated carbocycles. The van der Waals surface area contributed by atoms with Gasteiger partial charge in [0.05, 0.1) is 11.0 Å². The van der Waals surface area contributed by atoms with Gasteiger partial charge in [-0.15, -0.1) is 0 Å². The molecule has 0 spiro atoms. The summed E-state index contributed by atoms with van der Waals surface area (Å²) in [6, 6.07) is 58.6. The third kappa shape index (κ3) is 4.52. The van der Waals surface area contributed by atoms with E-state index in [0.29, 0.717) is 17.6 Å². The Morgan fingerprint density at radius 1 is 0.380 bits per heavy atom. The van der Waals surface area contributed by atoms with Crippen LogP contribution in [0.1, 0.15) is 0 Å². The molecule has 0 N–H and O–H groups in total. The average molecular weight is 641 g/mol. The highest BCUT2D eigenvalue weighted by Crippen LogP contribution is 2.41. The van der Waals surface area contributed by atoms with Gasteiger partial charge in [-0.3, -0.25) is 4.57 Å². The van der Waals surface area contributed by atoms with E-state index >= 15 is 0 Å². The molecule has 234 valence electrons. The van der Waals surface area contributed by atoms with Gasteiger partial charge in [0.15, 0.2) is 11.6 Å². The van der Waals surface area contributed by atoms with Gasteiger partial charge < -0.3 is 4.42 Å². The second-order valence-corrected chi connectivity index (χ2v) is 12.4. The fraction of sp³-hybridized carbons (Fsp3) is 0. The molecular formula is C45H28N4O. The smallest absolute Gasteiger partial charge is 0.238 e. The molecule has 0 atom stereocenters. The molecular weight excluding hydrogens is 613 g/mol. The van der Waals surface area contributed by atoms with Crippen molar-refractivity contribution in [1.82, 2.24) is 19.5 Å². The molecule has 0 aliphatic carbocycles. The van der Waals surface area contributed by atoms with Crippen LogP contribution in [0, 0.1) is 0 Å². The summed E-state index contributed by atoms with van der Waals surface area (Å²) in [6.45, 7) is 0. The van der Waals surface area contributed by atoms with Crippen molar-refractivity contribution in [3.8, 4) is 51.0 Å². The summed E-state index contributed by atoms with van der Waals surface area (Å²) in [7, 11) is 0. The second-order valence-electron chi connectivity index (χ2n) is 12.4. The zero-order valence-electron chi connectivity index (χ0n) is 26.9. The molecule has 7 aromatic carbocycles. The number of benzene rings is 7. The number of rotatable bonds is 5. The van der Waals surface area contributed by atoms with E-state index in [1.165, 1.54) is 0 Å². The van der Waals surface area contributed by atoms with Crippen molar-refractivity contribution in [3.63, 3.8) is 0 Å². The van der Waals surface area contributed by atoms with E-state index in [-0.39, 0.29) is 0 Å². The highest BCUT2D eigenvalue weighted by molar-refractivity contribution is 6.16. The first-order chi connectivity index (χ1) is 24.8. The Labute approximate surface area is 287 Å². The molecule has 0 aliphatic heterocycles. The Hall–Kier alpha value is -6.85. The number of aromatic nitrogens is 4. The molecule has 0 bridgehead atoms. The van der Waals surface area contributed by atoms with Crippen LogP contribution in [0.2, 0.25) is 0 Å². The molecule has 0 aliphatic rings. The standard InChI is InChI=1S/C45H28N4O/c1-3-14-29(15-4-1)43-46-44(30-16-5-2-6-17-30)48-45(47-43)49-37-24-9-7-20-35(37)41-33(22-12-25-38(41)49)31-18-11-19-32(28-31)34-23-13-27-40-42(34)36-21-8-10-26-39(36)50-40/h1-28H. The molecule has 5 heteroatoms. The van der Waals surface area contributed by atoms with Gasteiger partial charge in [0.1, 0.15) is 11.2 Å². The lowest BCUT2D eigenvalue weighted by atomic mass is 9.94. The lowest BCUT2D eigenvalue weighted by molar-refractivity contribution is 0.669. The minimum atomic E-state index is 0.577. The summed E-state index contributed by atoms with van der Waals surface area (Å²) in [5.41, 5.74) is 10.3. The lowest BCUT2D eigenvalue weighted by Gasteiger charge is -2.11. The zero-order chi connectivity index (χ0) is 33.0. The first kappa shape index (κ1) is 28.2. The fourth-order valence-electron chi connectivity index (χ4n) is 7.24. The predicted molar refractivity (Wildman–Crippen MR) is 203 cm³/mol. The second kappa shape index (κ2) is 11.4. The van der Waals surface area contributed by atoms with E-state index in [1.807, 2.05) is 78.9 Å². The summed E-state index contributed by atoms with van der Waals surface area (Å²) < 4.78 is 8.41. The Morgan fingerprint density at radius 3 is 1.62 bits per heavy atom. The Kier molecular flexibility index (Phi) is 6.42. The number of nitrogens with zero attached hydrogens (tertiary/aromatic N) is 4. The quantitative estimate of drug-likeness (QED) is 0.188. The van der Waals surface area contributed by atoms with E-state index in [9.17, 15) is 0 Å². The highest BCUT2D eigenvalue weighted by Gasteiger charge is 2.20. The molecule has 10 aromatic rings. The van der Waals surface area contributed by atoms with Crippen molar-refractivity contribution >= 4 is 43.7 Å². The van der Waals surface area contributed by atoms with Gasteiger partial charge in [0, 0.05) is 32.7 Å². The van der Waals surface area contributed by atoms with E-state index in [2.05, 4.69) is 95.6 Å². The first-order valence-electron chi connectivity index (χ1n) is 16.7. The number of hydrogen-bond acceptors (Lipinski definition) is 4. The molecule has 0 amide bonds. The minimum absolute atomic E-state index is 0.577. The topological polar surface area (TPSA) is 56.7 Å². The molecule has 0 radical (unpaired) electrons. The van der Waals surface area contributed by atoms with Crippen LogP contribution in [-0.2, 0) is 0 Å². The maximum atomic E-state index is 6.23. The Balaban J connectivity index is 1.20. The maximum Gasteiger partial charge on any atom is 0.238 e. The molecule has 5 nitrogen and oxygen atoms in total. The van der Waals surface area contributed by atoms with Crippen LogP contribution in [-0.4, -0.2) is 19.5 Å². The van der Waals surface area contributed by atoms with Crippen LogP contribution in [0.4, 0.5) is 0 Å². The van der Waals surface area contributed by atoms with Gasteiger partial charge in [0.2, 0.25) is 5.95 Å². The number of hydrogen-bond donors (Lipinski definition) is 0. The van der Waals surface area contributed by atoms with Crippen molar-refractivity contribution in [3.05, 3.63) is 170 Å². The summed E-state index contributed by atoms with van der Waals surface area (Å²) in [5, 5.41) is 4.54. The lowest BCUT2D eigenvalue weighted by Crippen LogP contribution is -2.06. The SMILES string of the molecule is c1ccc(-c2nc(-c3ccccc3)nc(-n3c4ccccc4c4c(-c5cccc(-c6cccc7oc8ccccc8c67)c5)cccc43)n2)cc1. The van der Waals surface area contributed by atoms with Crippen LogP contribution in [0.5, 0.6) is 0 Å². The van der Waals surface area contributed by atoms with E-state index < -0.39 is 0 Å². The highest BCUT2D eigenvalue weighted by atomic mass is 16.3. The van der Waals surface area contributed by atoms with Gasteiger partial charge in [-0.05, 0) is 52.6 Å². The number of fused-ring (bicyclic) bond motifs is 6. The van der Waals surface area contributed by atoms with Crippen molar-refractivity contribution in [1.29, 1.82) is 0 Å². The van der Waals surface area contributed by atoms with Crippen LogP contribution in [0.25, 0.3) is 94.7 Å². The van der Waals surface area contributed by atoms with Gasteiger partial charge in [-0.2, -0.15) is 9.97 Å². The Bertz CT molecular complexity index is 2810. The molecule has 0 unspecified atom stereocenters. The van der Waals surface area contributed by atoms with Gasteiger partial charge in [0.25, 0.3) is 0 Å². The fourth-order valence-corrected chi connectivity index (χ4v) is 7.24. The summed E-state index contributed by atoms with van der Waals surface area (Å²) in [4.78, 5) is 15.2. The van der Waals surface area contributed by atoms with Gasteiger partial charge in [-0.25, -0.2) is 4.98 Å². The Morgan fingerprint density at radius 2 is 0.900 bits per heavy atom. The number of furan rings is 1. The van der Waals surface area contributed by atoms with E-state index in [4.69, 9.17) is 19.4 Å². The third-order valence-corrected chi connectivity index (χ3v) is 9.47. The van der Waals surface area contributed by atoms with E-state index in [1.54, 1.807) is 0 Å². The van der Waals surface area contributed by atoms with Gasteiger partial charge >= 0.3 is 0 Å². The van der Waals surface area contributed by atoms with E-state index in [0.717, 1.165) is 77.1 Å². The zero-order valence-corrected chi connectivity index (χ0v) is 26.9. The molecule has 50 heavy (non-hydrogen) atoms. The number of para-hydroxylation sites is 2. The molecule has 3 heterocycles. The molecule has 0 saturated heterocycles. The first-order valence-corrected chi connectivity index (χ1v) is 16.7. The largest absolute Gasteiger partial charge is 0.456 e. The predicted octanol–water partition coefficient (Wildman–Crippen LogP) is 11.5. The van der Waals surface area contributed by atoms with Crippen molar-refractivity contribution in [2.45, 2.75) is 0 Å². The van der Waals surface area contributed by atoms with Crippen molar-refractivity contribution in [2.75, 3.05) is 0 Å². The molecule has 0 fully saturated rings. The third-order valence-electron chi connectivity index (χ3n) is 9.47. The maximum absolute atomic E-state index is 6.23. The van der Waals surface area contributed by atoms with Crippen LogP contribution in [0.3, 0.4) is 0 Å². The van der Waals surface area contributed by atoms with Crippen LogP contribution >= 0.6 is 0 Å². The van der Waals surface area contributed by atoms with Crippen molar-refractivity contribution in [2.24, 2.45) is 0 Å². The van der Waals surface area contributed by atoms with Crippen molar-refractivity contribution < 1.29 is 4.42 Å². The van der Waals surface area contributed by atoms with Crippen LogP contribution < -0.4 is 0 Å².